The van der Waals surface area contributed by atoms with Crippen LogP contribution in [0.5, 0.6) is 0 Å². The van der Waals surface area contributed by atoms with Crippen molar-refractivity contribution >= 4 is 17.8 Å². The Kier molecular flexibility index (Phi) is 4.82. The molecule has 0 unspecified atom stereocenters. The van der Waals surface area contributed by atoms with Crippen LogP contribution in [-0.4, -0.2) is 18.4 Å². The second-order valence-electron chi connectivity index (χ2n) is 3.45. The first kappa shape index (κ1) is 13.7. The third-order valence-electron chi connectivity index (χ3n) is 2.05. The molecule has 0 aromatic heterocycles. The van der Waals surface area contributed by atoms with Crippen LogP contribution in [0.4, 0.5) is 4.39 Å². The number of terminal acetylenes is 1. The van der Waals surface area contributed by atoms with Crippen molar-refractivity contribution < 1.29 is 18.7 Å². The summed E-state index contributed by atoms with van der Waals surface area (Å²) in [6.45, 7) is 1.01. The molecule has 1 aromatic rings. The van der Waals surface area contributed by atoms with Gasteiger partial charge in [0.2, 0.25) is 0 Å². The predicted molar refractivity (Wildman–Crippen MR) is 64.9 cm³/mol. The maximum Gasteiger partial charge on any atom is 0.342 e. The molecule has 0 bridgehead atoms. The normalized spacial score (nSPS) is 10.6. The van der Waals surface area contributed by atoms with Gasteiger partial charge in [-0.15, -0.1) is 6.42 Å². The standard InChI is InChI=1S/C14H11FO3/c1-3-7-18-14(17)13(10(2)16)9-11-5-4-6-12(15)8-11/h1,4-6,8-9H,7H2,2H3/b13-9+. The van der Waals surface area contributed by atoms with Crippen LogP contribution in [-0.2, 0) is 14.3 Å². The Labute approximate surface area is 104 Å². The highest BCUT2D eigenvalue weighted by Gasteiger charge is 2.15. The Morgan fingerprint density at radius 2 is 2.22 bits per heavy atom. The van der Waals surface area contributed by atoms with E-state index in [0.717, 1.165) is 0 Å². The lowest BCUT2D eigenvalue weighted by Crippen LogP contribution is -2.13. The Hall–Kier alpha value is -2.41. The quantitative estimate of drug-likeness (QED) is 0.268. The van der Waals surface area contributed by atoms with Crippen molar-refractivity contribution in [3.05, 3.63) is 41.2 Å². The van der Waals surface area contributed by atoms with E-state index in [9.17, 15) is 14.0 Å². The predicted octanol–water partition coefficient (Wildman–Crippen LogP) is 1.97. The van der Waals surface area contributed by atoms with Gasteiger partial charge in [0.25, 0.3) is 0 Å². The van der Waals surface area contributed by atoms with Gasteiger partial charge in [-0.05, 0) is 30.7 Å². The molecule has 0 radical (unpaired) electrons. The lowest BCUT2D eigenvalue weighted by Gasteiger charge is -2.03. The minimum Gasteiger partial charge on any atom is -0.449 e. The van der Waals surface area contributed by atoms with Crippen molar-refractivity contribution in [3.8, 4) is 12.3 Å². The maximum atomic E-state index is 13.0. The summed E-state index contributed by atoms with van der Waals surface area (Å²) in [5.74, 6) is 0.383. The van der Waals surface area contributed by atoms with E-state index in [1.807, 2.05) is 0 Å². The number of carbonyl (C=O) groups excluding carboxylic acids is 2. The lowest BCUT2D eigenvalue weighted by molar-refractivity contribution is -0.138. The molecule has 0 N–H and O–H groups in total. The molecule has 1 aromatic carbocycles. The Morgan fingerprint density at radius 1 is 1.50 bits per heavy atom. The van der Waals surface area contributed by atoms with Crippen molar-refractivity contribution in [2.24, 2.45) is 0 Å². The Bertz CT molecular complexity index is 538. The number of esters is 1. The molecule has 0 aliphatic heterocycles. The van der Waals surface area contributed by atoms with Gasteiger partial charge >= 0.3 is 5.97 Å². The fourth-order valence-corrected chi connectivity index (χ4v) is 1.25. The molecule has 0 spiro atoms. The molecule has 92 valence electrons. The van der Waals surface area contributed by atoms with Gasteiger partial charge in [0.05, 0.1) is 0 Å². The number of rotatable bonds is 4. The summed E-state index contributed by atoms with van der Waals surface area (Å²) in [6.07, 6.45) is 6.21. The van der Waals surface area contributed by atoms with Crippen LogP contribution in [0.1, 0.15) is 12.5 Å². The SMILES string of the molecule is C#CCOC(=O)/C(=C/c1cccc(F)c1)C(C)=O. The van der Waals surface area contributed by atoms with Gasteiger partial charge < -0.3 is 4.74 Å². The summed E-state index contributed by atoms with van der Waals surface area (Å²) in [5.41, 5.74) is 0.230. The molecule has 4 heteroatoms. The van der Waals surface area contributed by atoms with E-state index in [4.69, 9.17) is 6.42 Å². The van der Waals surface area contributed by atoms with Crippen molar-refractivity contribution in [2.75, 3.05) is 6.61 Å². The number of ether oxygens (including phenoxy) is 1. The van der Waals surface area contributed by atoms with Crippen LogP contribution in [0, 0.1) is 18.2 Å². The molecule has 0 amide bonds. The first-order valence-corrected chi connectivity index (χ1v) is 5.13. The van der Waals surface area contributed by atoms with E-state index in [-0.39, 0.29) is 12.2 Å². The second kappa shape index (κ2) is 6.36. The topological polar surface area (TPSA) is 43.4 Å². The summed E-state index contributed by atoms with van der Waals surface area (Å²) in [6, 6.07) is 5.52. The van der Waals surface area contributed by atoms with Gasteiger partial charge in [0.15, 0.2) is 12.4 Å². The first-order valence-electron chi connectivity index (χ1n) is 5.13. The van der Waals surface area contributed by atoms with Gasteiger partial charge in [0.1, 0.15) is 11.4 Å². The summed E-state index contributed by atoms with van der Waals surface area (Å²) in [4.78, 5) is 22.9. The Balaban J connectivity index is 3.02. The van der Waals surface area contributed by atoms with Crippen LogP contribution in [0.2, 0.25) is 0 Å². The van der Waals surface area contributed by atoms with E-state index in [2.05, 4.69) is 10.7 Å². The monoisotopic (exact) mass is 246 g/mol. The molecule has 3 nitrogen and oxygen atoms in total. The average Bonchev–Trinajstić information content (AvgIpc) is 2.32. The number of ketones is 1. The van der Waals surface area contributed by atoms with E-state index < -0.39 is 17.6 Å². The number of hydrogen-bond donors (Lipinski definition) is 0. The second-order valence-corrected chi connectivity index (χ2v) is 3.45. The highest BCUT2D eigenvalue weighted by Crippen LogP contribution is 2.11. The largest absolute Gasteiger partial charge is 0.449 e. The zero-order valence-electron chi connectivity index (χ0n) is 9.77. The van der Waals surface area contributed by atoms with E-state index in [1.165, 1.54) is 31.2 Å². The highest BCUT2D eigenvalue weighted by molar-refractivity contribution is 6.19. The van der Waals surface area contributed by atoms with Crippen molar-refractivity contribution in [2.45, 2.75) is 6.92 Å². The molecule has 18 heavy (non-hydrogen) atoms. The molecule has 0 saturated carbocycles. The van der Waals surface area contributed by atoms with E-state index in [0.29, 0.717) is 5.56 Å². The zero-order valence-corrected chi connectivity index (χ0v) is 9.77. The van der Waals surface area contributed by atoms with Crippen LogP contribution in [0.25, 0.3) is 6.08 Å². The third kappa shape index (κ3) is 3.87. The van der Waals surface area contributed by atoms with Crippen molar-refractivity contribution in [1.82, 2.24) is 0 Å². The third-order valence-corrected chi connectivity index (χ3v) is 2.05. The number of hydrogen-bond acceptors (Lipinski definition) is 3. The maximum absolute atomic E-state index is 13.0. The Morgan fingerprint density at radius 3 is 2.78 bits per heavy atom. The summed E-state index contributed by atoms with van der Waals surface area (Å²) < 4.78 is 17.6. The average molecular weight is 246 g/mol. The highest BCUT2D eigenvalue weighted by atomic mass is 19.1. The molecule has 0 heterocycles. The van der Waals surface area contributed by atoms with Crippen LogP contribution in [0.15, 0.2) is 29.8 Å². The summed E-state index contributed by atoms with van der Waals surface area (Å²) in [7, 11) is 0. The van der Waals surface area contributed by atoms with Crippen LogP contribution < -0.4 is 0 Å². The van der Waals surface area contributed by atoms with Gasteiger partial charge in [-0.1, -0.05) is 18.1 Å². The van der Waals surface area contributed by atoms with Gasteiger partial charge in [-0.25, -0.2) is 9.18 Å². The molecule has 0 aliphatic carbocycles. The fourth-order valence-electron chi connectivity index (χ4n) is 1.25. The minimum atomic E-state index is -0.815. The van der Waals surface area contributed by atoms with Crippen molar-refractivity contribution in [3.63, 3.8) is 0 Å². The number of carbonyl (C=O) groups is 2. The molecule has 0 aliphatic rings. The molecular formula is C14H11FO3. The first-order chi connectivity index (χ1) is 8.54. The molecule has 0 saturated heterocycles. The van der Waals surface area contributed by atoms with Crippen LogP contribution in [0.3, 0.4) is 0 Å². The molecule has 0 atom stereocenters. The molecular weight excluding hydrogens is 235 g/mol. The molecule has 0 fully saturated rings. The van der Waals surface area contributed by atoms with Gasteiger partial charge in [-0.3, -0.25) is 4.79 Å². The van der Waals surface area contributed by atoms with Gasteiger partial charge in [-0.2, -0.15) is 0 Å². The van der Waals surface area contributed by atoms with Crippen molar-refractivity contribution in [1.29, 1.82) is 0 Å². The van der Waals surface area contributed by atoms with E-state index >= 15 is 0 Å². The smallest absolute Gasteiger partial charge is 0.342 e. The lowest BCUT2D eigenvalue weighted by atomic mass is 10.1. The molecule has 1 rings (SSSR count). The van der Waals surface area contributed by atoms with E-state index in [1.54, 1.807) is 6.07 Å². The summed E-state index contributed by atoms with van der Waals surface area (Å²) in [5, 5.41) is 0. The number of halogens is 1. The number of benzene rings is 1. The fraction of sp³-hybridized carbons (Fsp3) is 0.143. The number of Topliss-reactive ketones (excluding diaryl/α,β-unsaturated/α-hetero) is 1. The van der Waals surface area contributed by atoms with Crippen LogP contribution >= 0.6 is 0 Å². The van der Waals surface area contributed by atoms with Gasteiger partial charge in [0, 0.05) is 0 Å². The summed E-state index contributed by atoms with van der Waals surface area (Å²) >= 11 is 0. The zero-order chi connectivity index (χ0) is 13.5. The minimum absolute atomic E-state index is 0.171.